The Balaban J connectivity index is 1.55. The number of halogens is 1. The average Bonchev–Trinajstić information content (AvgIpc) is 3.19. The SMILES string of the molecule is CC(C)(C)[Si](OC[C@@H]1SC[C@@H](OC(=O)c2ccccc2)[C@H]1F)(c1ccccc1)c1ccccc1. The summed E-state index contributed by atoms with van der Waals surface area (Å²) in [5.74, 6) is -0.0588. The fourth-order valence-electron chi connectivity index (χ4n) is 4.63. The summed E-state index contributed by atoms with van der Waals surface area (Å²) in [5.41, 5.74) is 0.437. The van der Waals surface area contributed by atoms with Crippen molar-refractivity contribution in [1.29, 1.82) is 0 Å². The number of thioether (sulfide) groups is 1. The number of carbonyl (C=O) groups excluding carboxylic acids is 1. The number of rotatable bonds is 7. The fraction of sp³-hybridized carbons (Fsp3) is 0.321. The molecule has 1 fully saturated rings. The first-order valence-electron chi connectivity index (χ1n) is 11.6. The molecule has 0 aromatic heterocycles. The Morgan fingerprint density at radius 3 is 1.91 bits per heavy atom. The average molecular weight is 495 g/mol. The molecule has 1 aliphatic heterocycles. The van der Waals surface area contributed by atoms with Crippen LogP contribution in [0.2, 0.25) is 5.04 Å². The first-order chi connectivity index (χ1) is 16.3. The number of hydrogen-bond donors (Lipinski definition) is 0. The van der Waals surface area contributed by atoms with Crippen molar-refractivity contribution < 1.29 is 18.3 Å². The molecule has 0 bridgehead atoms. The summed E-state index contributed by atoms with van der Waals surface area (Å²) in [4.78, 5) is 12.4. The highest BCUT2D eigenvalue weighted by Crippen LogP contribution is 2.39. The number of ether oxygens (including phenoxy) is 1. The summed E-state index contributed by atoms with van der Waals surface area (Å²) in [7, 11) is -2.74. The van der Waals surface area contributed by atoms with E-state index in [1.807, 2.05) is 42.5 Å². The van der Waals surface area contributed by atoms with Gasteiger partial charge in [-0.1, -0.05) is 99.6 Å². The lowest BCUT2D eigenvalue weighted by molar-refractivity contribution is 0.0150. The molecule has 0 radical (unpaired) electrons. The summed E-state index contributed by atoms with van der Waals surface area (Å²) in [6.45, 7) is 6.88. The zero-order valence-corrected chi connectivity index (χ0v) is 21.6. The maximum atomic E-state index is 15.4. The Hall–Kier alpha value is -2.41. The van der Waals surface area contributed by atoms with Crippen LogP contribution in [0.1, 0.15) is 31.1 Å². The van der Waals surface area contributed by atoms with E-state index >= 15 is 4.39 Å². The lowest BCUT2D eigenvalue weighted by Crippen LogP contribution is -2.67. The highest BCUT2D eigenvalue weighted by molar-refractivity contribution is 8.00. The highest BCUT2D eigenvalue weighted by Gasteiger charge is 2.51. The third-order valence-electron chi connectivity index (χ3n) is 6.33. The summed E-state index contributed by atoms with van der Waals surface area (Å²) in [6.07, 6.45) is -2.05. The van der Waals surface area contributed by atoms with Gasteiger partial charge in [0.15, 0.2) is 6.17 Å². The molecule has 3 atom stereocenters. The van der Waals surface area contributed by atoms with Crippen molar-refractivity contribution >= 4 is 36.4 Å². The molecule has 0 saturated carbocycles. The number of hydrogen-bond acceptors (Lipinski definition) is 4. The zero-order valence-electron chi connectivity index (χ0n) is 19.8. The van der Waals surface area contributed by atoms with Crippen LogP contribution in [0.4, 0.5) is 4.39 Å². The highest BCUT2D eigenvalue weighted by atomic mass is 32.2. The van der Waals surface area contributed by atoms with Crippen molar-refractivity contribution in [2.24, 2.45) is 0 Å². The van der Waals surface area contributed by atoms with Gasteiger partial charge < -0.3 is 9.16 Å². The molecule has 1 saturated heterocycles. The van der Waals surface area contributed by atoms with Crippen LogP contribution in [0.3, 0.4) is 0 Å². The predicted octanol–water partition coefficient (Wildman–Crippen LogP) is 5.24. The van der Waals surface area contributed by atoms with E-state index in [0.29, 0.717) is 11.3 Å². The quantitative estimate of drug-likeness (QED) is 0.332. The minimum atomic E-state index is -2.74. The molecule has 1 aliphatic rings. The van der Waals surface area contributed by atoms with Crippen LogP contribution in [-0.2, 0) is 9.16 Å². The standard InChI is InChI=1S/C28H31FO3SSi/c1-28(2,3)34(22-15-9-5-10-16-22,23-17-11-6-12-18-23)31-19-25-26(29)24(20-33-25)32-27(30)21-13-7-4-8-14-21/h4-18,24-26H,19-20H2,1-3H3/t24-,25+,26-/m1/s1. The van der Waals surface area contributed by atoms with E-state index in [-0.39, 0.29) is 11.6 Å². The maximum Gasteiger partial charge on any atom is 0.338 e. The van der Waals surface area contributed by atoms with Crippen LogP contribution in [0.5, 0.6) is 0 Å². The van der Waals surface area contributed by atoms with E-state index in [0.717, 1.165) is 0 Å². The van der Waals surface area contributed by atoms with E-state index in [1.165, 1.54) is 22.1 Å². The Kier molecular flexibility index (Phi) is 7.60. The van der Waals surface area contributed by atoms with Crippen molar-refractivity contribution in [3.63, 3.8) is 0 Å². The topological polar surface area (TPSA) is 35.5 Å². The molecule has 0 amide bonds. The molecule has 0 unspecified atom stereocenters. The van der Waals surface area contributed by atoms with E-state index in [2.05, 4.69) is 45.0 Å². The van der Waals surface area contributed by atoms with Gasteiger partial charge >= 0.3 is 5.97 Å². The van der Waals surface area contributed by atoms with Crippen LogP contribution >= 0.6 is 11.8 Å². The minimum Gasteiger partial charge on any atom is -0.455 e. The molecular formula is C28H31FO3SSi. The predicted molar refractivity (Wildman–Crippen MR) is 140 cm³/mol. The smallest absolute Gasteiger partial charge is 0.338 e. The van der Waals surface area contributed by atoms with Gasteiger partial charge in [0.1, 0.15) is 6.10 Å². The monoisotopic (exact) mass is 494 g/mol. The molecule has 3 aromatic rings. The van der Waals surface area contributed by atoms with Crippen LogP contribution in [0.25, 0.3) is 0 Å². The first-order valence-corrected chi connectivity index (χ1v) is 14.6. The number of esters is 1. The Bertz CT molecular complexity index is 1030. The van der Waals surface area contributed by atoms with E-state index in [9.17, 15) is 4.79 Å². The molecule has 0 spiro atoms. The number of benzene rings is 3. The van der Waals surface area contributed by atoms with Gasteiger partial charge in [-0.05, 0) is 27.5 Å². The van der Waals surface area contributed by atoms with E-state index in [4.69, 9.17) is 9.16 Å². The third-order valence-corrected chi connectivity index (χ3v) is 12.7. The van der Waals surface area contributed by atoms with Gasteiger partial charge in [0.25, 0.3) is 8.32 Å². The van der Waals surface area contributed by atoms with Gasteiger partial charge in [0.05, 0.1) is 10.8 Å². The minimum absolute atomic E-state index is 0.177. The van der Waals surface area contributed by atoms with Crippen LogP contribution in [-0.4, -0.2) is 44.2 Å². The van der Waals surface area contributed by atoms with Crippen LogP contribution < -0.4 is 10.4 Å². The van der Waals surface area contributed by atoms with Gasteiger partial charge in [-0.15, -0.1) is 11.8 Å². The summed E-state index contributed by atoms with van der Waals surface area (Å²) in [6, 6.07) is 29.4. The molecular weight excluding hydrogens is 463 g/mol. The molecule has 0 N–H and O–H groups in total. The summed E-state index contributed by atoms with van der Waals surface area (Å²) >= 11 is 1.48. The molecule has 6 heteroatoms. The molecule has 34 heavy (non-hydrogen) atoms. The summed E-state index contributed by atoms with van der Waals surface area (Å²) in [5, 5.41) is 1.76. The van der Waals surface area contributed by atoms with Gasteiger partial charge in [-0.25, -0.2) is 9.18 Å². The molecule has 3 nitrogen and oxygen atoms in total. The Labute approximate surface area is 206 Å². The molecule has 4 rings (SSSR count). The fourth-order valence-corrected chi connectivity index (χ4v) is 10.5. The van der Waals surface area contributed by atoms with Crippen LogP contribution in [0.15, 0.2) is 91.0 Å². The van der Waals surface area contributed by atoms with E-state index in [1.54, 1.807) is 24.3 Å². The van der Waals surface area contributed by atoms with Crippen molar-refractivity contribution in [2.45, 2.75) is 43.3 Å². The molecule has 3 aromatic carbocycles. The second kappa shape index (κ2) is 10.5. The normalized spacial score (nSPS) is 20.8. The Morgan fingerprint density at radius 1 is 0.912 bits per heavy atom. The van der Waals surface area contributed by atoms with Gasteiger partial charge in [-0.2, -0.15) is 0 Å². The van der Waals surface area contributed by atoms with Crippen molar-refractivity contribution in [2.75, 3.05) is 12.4 Å². The summed E-state index contributed by atoms with van der Waals surface area (Å²) < 4.78 is 27.9. The third kappa shape index (κ3) is 4.99. The Morgan fingerprint density at radius 2 is 1.41 bits per heavy atom. The van der Waals surface area contributed by atoms with Crippen LogP contribution in [0, 0.1) is 0 Å². The molecule has 178 valence electrons. The van der Waals surface area contributed by atoms with Crippen molar-refractivity contribution in [3.8, 4) is 0 Å². The first kappa shape index (κ1) is 24.7. The number of alkyl halides is 1. The van der Waals surface area contributed by atoms with Gasteiger partial charge in [-0.3, -0.25) is 0 Å². The maximum absolute atomic E-state index is 15.4. The largest absolute Gasteiger partial charge is 0.455 e. The van der Waals surface area contributed by atoms with Crippen molar-refractivity contribution in [1.82, 2.24) is 0 Å². The molecule has 1 heterocycles. The number of carbonyl (C=O) groups is 1. The molecule has 0 aliphatic carbocycles. The van der Waals surface area contributed by atoms with Gasteiger partial charge in [0.2, 0.25) is 0 Å². The van der Waals surface area contributed by atoms with Gasteiger partial charge in [0, 0.05) is 12.4 Å². The van der Waals surface area contributed by atoms with E-state index < -0.39 is 31.8 Å². The lowest BCUT2D eigenvalue weighted by atomic mass is 10.2. The second-order valence-corrected chi connectivity index (χ2v) is 15.2. The second-order valence-electron chi connectivity index (χ2n) is 9.60. The zero-order chi connectivity index (χ0) is 24.2. The lowest BCUT2D eigenvalue weighted by Gasteiger charge is -2.43. The van der Waals surface area contributed by atoms with Crippen molar-refractivity contribution in [3.05, 3.63) is 96.6 Å².